The van der Waals surface area contributed by atoms with Crippen molar-refractivity contribution in [3.8, 4) is 0 Å². The summed E-state index contributed by atoms with van der Waals surface area (Å²) in [6, 6.07) is 0. The predicted octanol–water partition coefficient (Wildman–Crippen LogP) is 1.65. The van der Waals surface area contributed by atoms with Crippen LogP contribution in [0.15, 0.2) is 11.1 Å². The van der Waals surface area contributed by atoms with Gasteiger partial charge in [-0.15, -0.1) is 12.4 Å². The Hall–Kier alpha value is 0.430. The van der Waals surface area contributed by atoms with Crippen molar-refractivity contribution < 1.29 is 4.74 Å². The van der Waals surface area contributed by atoms with Crippen molar-refractivity contribution in [1.29, 1.82) is 0 Å². The highest BCUT2D eigenvalue weighted by Crippen LogP contribution is 2.05. The molecule has 0 aromatic rings. The molecule has 1 fully saturated rings. The molecule has 0 bridgehead atoms. The SMILES string of the molecule is C=C(Br)CN1CCOCC1.Cl. The number of morpholine rings is 1. The lowest BCUT2D eigenvalue weighted by molar-refractivity contribution is 0.0432. The standard InChI is InChI=1S/C7H12BrNO.ClH/c1-7(8)6-9-2-4-10-5-3-9;/h1-6H2;1H. The Kier molecular flexibility index (Phi) is 6.24. The van der Waals surface area contributed by atoms with E-state index in [0.29, 0.717) is 0 Å². The molecule has 0 radical (unpaired) electrons. The lowest BCUT2D eigenvalue weighted by Crippen LogP contribution is -2.36. The Morgan fingerprint density at radius 3 is 2.45 bits per heavy atom. The second-order valence-electron chi connectivity index (χ2n) is 2.41. The fraction of sp³-hybridized carbons (Fsp3) is 0.714. The molecule has 66 valence electrons. The third-order valence-corrected chi connectivity index (χ3v) is 1.75. The number of hydrogen-bond acceptors (Lipinski definition) is 2. The maximum Gasteiger partial charge on any atom is 0.0594 e. The van der Waals surface area contributed by atoms with Gasteiger partial charge in [0.1, 0.15) is 0 Å². The number of halogens is 2. The molecular formula is C7H13BrClNO. The van der Waals surface area contributed by atoms with E-state index in [1.54, 1.807) is 0 Å². The molecule has 4 heteroatoms. The van der Waals surface area contributed by atoms with Crippen molar-refractivity contribution in [3.63, 3.8) is 0 Å². The Morgan fingerprint density at radius 2 is 2.00 bits per heavy atom. The number of nitrogens with zero attached hydrogens (tertiary/aromatic N) is 1. The zero-order valence-corrected chi connectivity index (χ0v) is 8.79. The van der Waals surface area contributed by atoms with Gasteiger partial charge >= 0.3 is 0 Å². The minimum absolute atomic E-state index is 0. The molecule has 0 amide bonds. The van der Waals surface area contributed by atoms with Gasteiger partial charge in [-0.25, -0.2) is 0 Å². The molecule has 0 aromatic carbocycles. The molecule has 11 heavy (non-hydrogen) atoms. The smallest absolute Gasteiger partial charge is 0.0594 e. The maximum absolute atomic E-state index is 5.19. The van der Waals surface area contributed by atoms with E-state index in [0.717, 1.165) is 37.3 Å². The normalized spacial score (nSPS) is 19.0. The zero-order chi connectivity index (χ0) is 7.40. The Labute approximate surface area is 82.1 Å². The van der Waals surface area contributed by atoms with Crippen LogP contribution >= 0.6 is 28.3 Å². The Balaban J connectivity index is 0.000001000. The van der Waals surface area contributed by atoms with Crippen LogP contribution in [0.5, 0.6) is 0 Å². The van der Waals surface area contributed by atoms with Gasteiger partial charge in [-0.05, 0) is 0 Å². The summed E-state index contributed by atoms with van der Waals surface area (Å²) in [4.78, 5) is 2.32. The van der Waals surface area contributed by atoms with Gasteiger partial charge in [-0.2, -0.15) is 0 Å². The van der Waals surface area contributed by atoms with E-state index < -0.39 is 0 Å². The van der Waals surface area contributed by atoms with Gasteiger partial charge in [0, 0.05) is 24.1 Å². The van der Waals surface area contributed by atoms with Crippen LogP contribution in [0, 0.1) is 0 Å². The summed E-state index contributed by atoms with van der Waals surface area (Å²) < 4.78 is 6.25. The van der Waals surface area contributed by atoms with E-state index in [4.69, 9.17) is 4.74 Å². The van der Waals surface area contributed by atoms with Crippen molar-refractivity contribution in [3.05, 3.63) is 11.1 Å². The molecule has 1 saturated heterocycles. The van der Waals surface area contributed by atoms with Gasteiger partial charge in [0.25, 0.3) is 0 Å². The third kappa shape index (κ3) is 4.80. The van der Waals surface area contributed by atoms with E-state index in [9.17, 15) is 0 Å². The molecule has 0 saturated carbocycles. The molecule has 0 atom stereocenters. The summed E-state index contributed by atoms with van der Waals surface area (Å²) >= 11 is 3.33. The highest BCUT2D eigenvalue weighted by molar-refractivity contribution is 9.11. The Bertz CT molecular complexity index is 126. The largest absolute Gasteiger partial charge is 0.379 e. The number of rotatable bonds is 2. The van der Waals surface area contributed by atoms with Crippen LogP contribution in [-0.2, 0) is 4.74 Å². The highest BCUT2D eigenvalue weighted by atomic mass is 79.9. The van der Waals surface area contributed by atoms with E-state index in [1.165, 1.54) is 0 Å². The number of hydrogen-bond donors (Lipinski definition) is 0. The van der Waals surface area contributed by atoms with Crippen molar-refractivity contribution in [2.75, 3.05) is 32.8 Å². The van der Waals surface area contributed by atoms with Crippen LogP contribution in [0.25, 0.3) is 0 Å². The average Bonchev–Trinajstić information content (AvgIpc) is 1.88. The van der Waals surface area contributed by atoms with Crippen LogP contribution in [0.4, 0.5) is 0 Å². The maximum atomic E-state index is 5.19. The van der Waals surface area contributed by atoms with Gasteiger partial charge in [-0.1, -0.05) is 22.5 Å². The van der Waals surface area contributed by atoms with Crippen molar-refractivity contribution in [2.24, 2.45) is 0 Å². The summed E-state index contributed by atoms with van der Waals surface area (Å²) in [5.74, 6) is 0. The fourth-order valence-electron chi connectivity index (χ4n) is 1.00. The van der Waals surface area contributed by atoms with Gasteiger partial charge in [-0.3, -0.25) is 4.90 Å². The van der Waals surface area contributed by atoms with Gasteiger partial charge in [0.2, 0.25) is 0 Å². The molecule has 0 spiro atoms. The zero-order valence-electron chi connectivity index (χ0n) is 6.38. The van der Waals surface area contributed by atoms with E-state index >= 15 is 0 Å². The molecule has 0 aliphatic carbocycles. The molecule has 2 nitrogen and oxygen atoms in total. The lowest BCUT2D eigenvalue weighted by atomic mass is 10.4. The third-order valence-electron chi connectivity index (χ3n) is 1.50. The summed E-state index contributed by atoms with van der Waals surface area (Å²) in [6.45, 7) is 8.52. The molecule has 1 heterocycles. The van der Waals surface area contributed by atoms with Crippen LogP contribution in [0.2, 0.25) is 0 Å². The molecular weight excluding hydrogens is 229 g/mol. The summed E-state index contributed by atoms with van der Waals surface area (Å²) in [5.41, 5.74) is 0. The van der Waals surface area contributed by atoms with Crippen LogP contribution < -0.4 is 0 Å². The van der Waals surface area contributed by atoms with Crippen LogP contribution in [-0.4, -0.2) is 37.7 Å². The van der Waals surface area contributed by atoms with Crippen molar-refractivity contribution in [1.82, 2.24) is 4.90 Å². The van der Waals surface area contributed by atoms with E-state index in [-0.39, 0.29) is 12.4 Å². The van der Waals surface area contributed by atoms with Crippen molar-refractivity contribution >= 4 is 28.3 Å². The summed E-state index contributed by atoms with van der Waals surface area (Å²) in [7, 11) is 0. The highest BCUT2D eigenvalue weighted by Gasteiger charge is 2.09. The summed E-state index contributed by atoms with van der Waals surface area (Å²) in [5, 5.41) is 0. The second-order valence-corrected chi connectivity index (χ2v) is 3.53. The average molecular weight is 243 g/mol. The van der Waals surface area contributed by atoms with Crippen molar-refractivity contribution in [2.45, 2.75) is 0 Å². The molecule has 0 unspecified atom stereocenters. The second kappa shape index (κ2) is 6.00. The van der Waals surface area contributed by atoms with Crippen LogP contribution in [0.3, 0.4) is 0 Å². The number of ether oxygens (including phenoxy) is 1. The quantitative estimate of drug-likeness (QED) is 0.730. The fourth-order valence-corrected chi connectivity index (χ4v) is 1.36. The molecule has 1 aliphatic heterocycles. The van der Waals surface area contributed by atoms with Gasteiger partial charge < -0.3 is 4.74 Å². The first kappa shape index (κ1) is 11.4. The first-order valence-electron chi connectivity index (χ1n) is 3.42. The molecule has 0 N–H and O–H groups in total. The minimum atomic E-state index is 0. The Morgan fingerprint density at radius 1 is 1.45 bits per heavy atom. The van der Waals surface area contributed by atoms with Crippen LogP contribution in [0.1, 0.15) is 0 Å². The van der Waals surface area contributed by atoms with Gasteiger partial charge in [0.05, 0.1) is 13.2 Å². The molecule has 1 aliphatic rings. The lowest BCUT2D eigenvalue weighted by Gasteiger charge is -2.25. The first-order valence-corrected chi connectivity index (χ1v) is 4.22. The first-order chi connectivity index (χ1) is 4.79. The molecule has 0 aromatic heterocycles. The minimum Gasteiger partial charge on any atom is -0.379 e. The van der Waals surface area contributed by atoms with Gasteiger partial charge in [0.15, 0.2) is 0 Å². The monoisotopic (exact) mass is 241 g/mol. The topological polar surface area (TPSA) is 12.5 Å². The predicted molar refractivity (Wildman–Crippen MR) is 52.6 cm³/mol. The van der Waals surface area contributed by atoms with E-state index in [2.05, 4.69) is 27.4 Å². The van der Waals surface area contributed by atoms with E-state index in [1.807, 2.05) is 0 Å². The summed E-state index contributed by atoms with van der Waals surface area (Å²) in [6.07, 6.45) is 0. The molecule has 1 rings (SSSR count).